The van der Waals surface area contributed by atoms with Crippen LogP contribution in [0.2, 0.25) is 0 Å². The molecule has 0 amide bonds. The third-order valence-corrected chi connectivity index (χ3v) is 5.81. The molecule has 3 rings (SSSR count). The number of halogens is 1. The average molecular weight is 464 g/mol. The number of hydrogen-bond acceptors (Lipinski definition) is 4. The maximum Gasteiger partial charge on any atom is 0.348 e. The summed E-state index contributed by atoms with van der Waals surface area (Å²) in [5.41, 5.74) is 1.55. The predicted molar refractivity (Wildman–Crippen MR) is 107 cm³/mol. The first kappa shape index (κ1) is 18.9. The summed E-state index contributed by atoms with van der Waals surface area (Å²) in [4.78, 5) is 24.8. The molecule has 0 aliphatic carbocycles. The molecule has 1 fully saturated rings. The van der Waals surface area contributed by atoms with Gasteiger partial charge in [-0.1, -0.05) is 97.1 Å². The van der Waals surface area contributed by atoms with Crippen LogP contribution in [0.25, 0.3) is 0 Å². The SMILES string of the molecule is CC1(C)COC(=O)[C@@H]1OC(=O)[C@@H](I)C(c1ccccc1)c1ccccc1. The summed E-state index contributed by atoms with van der Waals surface area (Å²) in [7, 11) is 0. The van der Waals surface area contributed by atoms with E-state index >= 15 is 0 Å². The number of hydrogen-bond donors (Lipinski definition) is 0. The normalized spacial score (nSPS) is 19.8. The molecule has 2 atom stereocenters. The van der Waals surface area contributed by atoms with Gasteiger partial charge < -0.3 is 9.47 Å². The second-order valence-corrected chi connectivity index (χ2v) is 8.46. The van der Waals surface area contributed by atoms with E-state index in [1.54, 1.807) is 0 Å². The van der Waals surface area contributed by atoms with Crippen molar-refractivity contribution in [1.82, 2.24) is 0 Å². The van der Waals surface area contributed by atoms with Gasteiger partial charge in [-0.2, -0.15) is 0 Å². The number of cyclic esters (lactones) is 1. The quantitative estimate of drug-likeness (QED) is 0.380. The Hall–Kier alpha value is -1.89. The van der Waals surface area contributed by atoms with Crippen molar-refractivity contribution in [3.8, 4) is 0 Å². The Kier molecular flexibility index (Phi) is 5.65. The second-order valence-electron chi connectivity index (χ2n) is 7.11. The molecule has 136 valence electrons. The minimum absolute atomic E-state index is 0.161. The molecule has 2 aromatic carbocycles. The first-order valence-electron chi connectivity index (χ1n) is 8.51. The van der Waals surface area contributed by atoms with Crippen LogP contribution in [0.1, 0.15) is 30.9 Å². The highest BCUT2D eigenvalue weighted by molar-refractivity contribution is 14.1. The Labute approximate surface area is 167 Å². The Morgan fingerprint density at radius 2 is 1.58 bits per heavy atom. The van der Waals surface area contributed by atoms with E-state index in [0.717, 1.165) is 11.1 Å². The van der Waals surface area contributed by atoms with Gasteiger partial charge in [0, 0.05) is 11.3 Å². The average Bonchev–Trinajstić information content (AvgIpc) is 2.90. The van der Waals surface area contributed by atoms with Crippen molar-refractivity contribution < 1.29 is 19.1 Å². The molecule has 0 N–H and O–H groups in total. The molecule has 0 saturated carbocycles. The lowest BCUT2D eigenvalue weighted by Gasteiger charge is -2.26. The fourth-order valence-corrected chi connectivity index (χ4v) is 4.08. The molecular weight excluding hydrogens is 443 g/mol. The van der Waals surface area contributed by atoms with Gasteiger partial charge in [0.05, 0.1) is 0 Å². The summed E-state index contributed by atoms with van der Waals surface area (Å²) in [6.07, 6.45) is -0.862. The molecule has 5 heteroatoms. The van der Waals surface area contributed by atoms with Crippen LogP contribution in [0.3, 0.4) is 0 Å². The van der Waals surface area contributed by atoms with Gasteiger partial charge in [-0.05, 0) is 11.1 Å². The number of rotatable bonds is 5. The van der Waals surface area contributed by atoms with Crippen LogP contribution in [-0.2, 0) is 19.1 Å². The zero-order valence-corrected chi connectivity index (χ0v) is 16.9. The summed E-state index contributed by atoms with van der Waals surface area (Å²) < 4.78 is 10.2. The first-order valence-corrected chi connectivity index (χ1v) is 9.76. The van der Waals surface area contributed by atoms with Crippen LogP contribution >= 0.6 is 22.6 Å². The van der Waals surface area contributed by atoms with E-state index in [4.69, 9.17) is 9.47 Å². The van der Waals surface area contributed by atoms with Gasteiger partial charge in [0.2, 0.25) is 6.10 Å². The van der Waals surface area contributed by atoms with Crippen LogP contribution in [0.15, 0.2) is 60.7 Å². The van der Waals surface area contributed by atoms with Gasteiger partial charge in [-0.25, -0.2) is 4.79 Å². The number of carbonyl (C=O) groups is 2. The smallest absolute Gasteiger partial charge is 0.348 e. The molecule has 1 aliphatic heterocycles. The third-order valence-electron chi connectivity index (χ3n) is 4.58. The van der Waals surface area contributed by atoms with Gasteiger partial charge in [-0.15, -0.1) is 0 Å². The third kappa shape index (κ3) is 3.92. The monoisotopic (exact) mass is 464 g/mol. The van der Waals surface area contributed by atoms with Crippen LogP contribution in [0, 0.1) is 5.41 Å². The first-order chi connectivity index (χ1) is 12.4. The van der Waals surface area contributed by atoms with Crippen molar-refractivity contribution in [2.75, 3.05) is 6.61 Å². The molecule has 0 unspecified atom stereocenters. The lowest BCUT2D eigenvalue weighted by molar-refractivity contribution is -0.162. The molecule has 4 nitrogen and oxygen atoms in total. The topological polar surface area (TPSA) is 52.6 Å². The van der Waals surface area contributed by atoms with Gasteiger partial charge >= 0.3 is 11.9 Å². The summed E-state index contributed by atoms with van der Waals surface area (Å²) in [6, 6.07) is 19.7. The van der Waals surface area contributed by atoms with Gasteiger partial charge in [-0.3, -0.25) is 4.79 Å². The van der Waals surface area contributed by atoms with Crippen LogP contribution in [0.5, 0.6) is 0 Å². The maximum atomic E-state index is 12.9. The van der Waals surface area contributed by atoms with Crippen LogP contribution < -0.4 is 0 Å². The Bertz CT molecular complexity index is 734. The van der Waals surface area contributed by atoms with Crippen molar-refractivity contribution in [3.63, 3.8) is 0 Å². The molecule has 1 aliphatic rings. The lowest BCUT2D eigenvalue weighted by atomic mass is 9.88. The zero-order chi connectivity index (χ0) is 18.7. The minimum Gasteiger partial charge on any atom is -0.462 e. The summed E-state index contributed by atoms with van der Waals surface area (Å²) in [5, 5.41) is 0. The van der Waals surface area contributed by atoms with E-state index in [-0.39, 0.29) is 12.5 Å². The van der Waals surface area contributed by atoms with E-state index in [0.29, 0.717) is 0 Å². The van der Waals surface area contributed by atoms with E-state index in [9.17, 15) is 9.59 Å². The number of ether oxygens (including phenoxy) is 2. The van der Waals surface area contributed by atoms with Gasteiger partial charge in [0.1, 0.15) is 10.5 Å². The molecule has 1 saturated heterocycles. The van der Waals surface area contributed by atoms with Crippen LogP contribution in [0.4, 0.5) is 0 Å². The Morgan fingerprint density at radius 1 is 1.08 bits per heavy atom. The van der Waals surface area contributed by atoms with Gasteiger partial charge in [0.15, 0.2) is 0 Å². The standard InChI is InChI=1S/C21H21IO4/c1-21(2)13-25-20(24)18(21)26-19(23)17(22)16(14-9-5-3-6-10-14)15-11-7-4-8-12-15/h3-12,16-18H,13H2,1-2H3/t17-,18-/m0/s1. The maximum absolute atomic E-state index is 12.9. The van der Waals surface area contributed by atoms with Crippen molar-refractivity contribution in [1.29, 1.82) is 0 Å². The van der Waals surface area contributed by atoms with E-state index in [1.807, 2.05) is 74.5 Å². The van der Waals surface area contributed by atoms with Crippen molar-refractivity contribution >= 4 is 34.5 Å². The summed E-state index contributed by atoms with van der Waals surface area (Å²) in [5.74, 6) is -1.03. The Morgan fingerprint density at radius 3 is 2.00 bits per heavy atom. The molecule has 26 heavy (non-hydrogen) atoms. The number of carbonyl (C=O) groups excluding carboxylic acids is 2. The molecule has 0 radical (unpaired) electrons. The fraction of sp³-hybridized carbons (Fsp3) is 0.333. The predicted octanol–water partition coefficient (Wildman–Crippen LogP) is 4.12. The second kappa shape index (κ2) is 7.78. The van der Waals surface area contributed by atoms with E-state index in [2.05, 4.69) is 22.6 Å². The highest BCUT2D eigenvalue weighted by atomic mass is 127. The highest BCUT2D eigenvalue weighted by Gasteiger charge is 2.47. The summed E-state index contributed by atoms with van der Waals surface area (Å²) >= 11 is 2.12. The largest absolute Gasteiger partial charge is 0.462 e. The Balaban J connectivity index is 1.87. The lowest BCUT2D eigenvalue weighted by Crippen LogP contribution is -2.38. The van der Waals surface area contributed by atoms with Crippen molar-refractivity contribution in [2.45, 2.75) is 29.8 Å². The molecule has 0 bridgehead atoms. The molecular formula is C21H21IO4. The van der Waals surface area contributed by atoms with Crippen molar-refractivity contribution in [3.05, 3.63) is 71.8 Å². The number of benzene rings is 2. The van der Waals surface area contributed by atoms with E-state index in [1.165, 1.54) is 0 Å². The van der Waals surface area contributed by atoms with Crippen molar-refractivity contribution in [2.24, 2.45) is 5.41 Å². The minimum atomic E-state index is -0.862. The molecule has 0 spiro atoms. The summed E-state index contributed by atoms with van der Waals surface area (Å²) in [6.45, 7) is 3.99. The number of esters is 2. The van der Waals surface area contributed by atoms with Gasteiger partial charge in [0.25, 0.3) is 0 Å². The van der Waals surface area contributed by atoms with Crippen LogP contribution in [-0.4, -0.2) is 28.6 Å². The van der Waals surface area contributed by atoms with E-state index < -0.39 is 27.4 Å². The molecule has 1 heterocycles. The zero-order valence-electron chi connectivity index (χ0n) is 14.7. The fourth-order valence-electron chi connectivity index (χ4n) is 3.10. The highest BCUT2D eigenvalue weighted by Crippen LogP contribution is 2.36. The molecule has 0 aromatic heterocycles. The molecule has 2 aromatic rings. The number of alkyl halides is 1.